The topological polar surface area (TPSA) is 94.5 Å². The summed E-state index contributed by atoms with van der Waals surface area (Å²) in [5.74, 6) is 0.345. The maximum Gasteiger partial charge on any atom is 0.250 e. The molecule has 0 bridgehead atoms. The van der Waals surface area contributed by atoms with Gasteiger partial charge in [0.15, 0.2) is 0 Å². The van der Waals surface area contributed by atoms with E-state index in [1.807, 2.05) is 6.92 Å². The van der Waals surface area contributed by atoms with E-state index in [1.54, 1.807) is 12.1 Å². The van der Waals surface area contributed by atoms with Crippen molar-refractivity contribution in [2.45, 2.75) is 19.1 Å². The van der Waals surface area contributed by atoms with Crippen molar-refractivity contribution in [3.63, 3.8) is 0 Å². The molecule has 4 N–H and O–H groups in total. The van der Waals surface area contributed by atoms with Gasteiger partial charge in [-0.05, 0) is 19.1 Å². The number of carbonyl (C=O) groups excluding carboxylic acids is 1. The third-order valence-corrected chi connectivity index (χ3v) is 2.95. The summed E-state index contributed by atoms with van der Waals surface area (Å²) in [6, 6.07) is 3.48. The minimum Gasteiger partial charge on any atom is -0.370 e. The Hall–Kier alpha value is -1.66. The second-order valence-corrected chi connectivity index (χ2v) is 4.48. The van der Waals surface area contributed by atoms with Gasteiger partial charge in [-0.1, -0.05) is 0 Å². The molecule has 98 valence electrons. The van der Waals surface area contributed by atoms with E-state index >= 15 is 0 Å². The number of rotatable bonds is 3. The number of nitrogens with zero attached hydrogens (tertiary/aromatic N) is 2. The number of hydrogen-bond donors (Lipinski definition) is 2. The van der Waals surface area contributed by atoms with Crippen molar-refractivity contribution in [3.05, 3.63) is 23.9 Å². The van der Waals surface area contributed by atoms with Crippen LogP contribution in [-0.4, -0.2) is 42.7 Å². The van der Waals surface area contributed by atoms with Gasteiger partial charge in [-0.15, -0.1) is 0 Å². The van der Waals surface area contributed by atoms with Crippen LogP contribution in [-0.2, 0) is 4.74 Å². The van der Waals surface area contributed by atoms with Gasteiger partial charge in [0.2, 0.25) is 5.91 Å². The minimum atomic E-state index is -0.468. The fraction of sp³-hybridized carbons (Fsp3) is 0.500. The van der Waals surface area contributed by atoms with Crippen molar-refractivity contribution in [2.75, 3.05) is 24.5 Å². The van der Waals surface area contributed by atoms with Crippen LogP contribution >= 0.6 is 0 Å². The van der Waals surface area contributed by atoms with Crippen molar-refractivity contribution in [2.24, 2.45) is 11.5 Å². The molecule has 1 aliphatic heterocycles. The van der Waals surface area contributed by atoms with Gasteiger partial charge in [0.1, 0.15) is 5.82 Å². The van der Waals surface area contributed by atoms with Crippen molar-refractivity contribution >= 4 is 11.7 Å². The molecule has 0 aromatic carbocycles. The van der Waals surface area contributed by atoms with Gasteiger partial charge < -0.3 is 21.1 Å². The second kappa shape index (κ2) is 5.32. The van der Waals surface area contributed by atoms with Crippen LogP contribution in [0.1, 0.15) is 17.3 Å². The minimum absolute atomic E-state index is 0.0198. The Bertz CT molecular complexity index is 421. The first-order valence-corrected chi connectivity index (χ1v) is 5.96. The zero-order valence-corrected chi connectivity index (χ0v) is 10.4. The number of nitrogens with two attached hydrogens (primary N) is 2. The van der Waals surface area contributed by atoms with Crippen LogP contribution in [0, 0.1) is 0 Å². The van der Waals surface area contributed by atoms with Crippen molar-refractivity contribution in [3.8, 4) is 0 Å². The molecule has 2 unspecified atom stereocenters. The first-order valence-electron chi connectivity index (χ1n) is 5.96. The van der Waals surface area contributed by atoms with E-state index in [9.17, 15) is 4.79 Å². The lowest BCUT2D eigenvalue weighted by atomic mass is 10.2. The molecular formula is C12H18N4O2. The SMILES string of the molecule is CC1CN(c2ccc(C(N)=O)cn2)CC(CN)O1. The molecule has 6 nitrogen and oxygen atoms in total. The van der Waals surface area contributed by atoms with Gasteiger partial charge in [0, 0.05) is 25.8 Å². The monoisotopic (exact) mass is 250 g/mol. The number of pyridine rings is 1. The molecule has 2 rings (SSSR count). The fourth-order valence-corrected chi connectivity index (χ4v) is 2.08. The average molecular weight is 250 g/mol. The van der Waals surface area contributed by atoms with Crippen molar-refractivity contribution in [1.29, 1.82) is 0 Å². The number of anilines is 1. The molecule has 6 heteroatoms. The van der Waals surface area contributed by atoms with Crippen LogP contribution in [0.15, 0.2) is 18.3 Å². The maximum absolute atomic E-state index is 11.0. The van der Waals surface area contributed by atoms with Gasteiger partial charge in [-0.2, -0.15) is 0 Å². The number of hydrogen-bond acceptors (Lipinski definition) is 5. The molecule has 1 amide bonds. The summed E-state index contributed by atoms with van der Waals surface area (Å²) in [6.45, 7) is 3.97. The number of ether oxygens (including phenoxy) is 1. The summed E-state index contributed by atoms with van der Waals surface area (Å²) in [7, 11) is 0. The average Bonchev–Trinajstić information content (AvgIpc) is 2.38. The molecular weight excluding hydrogens is 232 g/mol. The number of primary amides is 1. The van der Waals surface area contributed by atoms with E-state index < -0.39 is 5.91 Å². The maximum atomic E-state index is 11.0. The Balaban J connectivity index is 2.12. The number of amides is 1. The molecule has 18 heavy (non-hydrogen) atoms. The van der Waals surface area contributed by atoms with Gasteiger partial charge in [0.05, 0.1) is 17.8 Å². The summed E-state index contributed by atoms with van der Waals surface area (Å²) in [6.07, 6.45) is 1.63. The molecule has 2 atom stereocenters. The zero-order valence-electron chi connectivity index (χ0n) is 10.4. The first-order chi connectivity index (χ1) is 8.60. The lowest BCUT2D eigenvalue weighted by Gasteiger charge is -2.37. The molecule has 0 radical (unpaired) electrons. The van der Waals surface area contributed by atoms with E-state index in [2.05, 4.69) is 9.88 Å². The Kier molecular flexibility index (Phi) is 3.78. The normalized spacial score (nSPS) is 24.0. The van der Waals surface area contributed by atoms with E-state index in [1.165, 1.54) is 6.20 Å². The van der Waals surface area contributed by atoms with E-state index in [4.69, 9.17) is 16.2 Å². The Morgan fingerprint density at radius 3 is 2.89 bits per heavy atom. The first kappa shape index (κ1) is 12.8. The van der Waals surface area contributed by atoms with Crippen LogP contribution in [0.4, 0.5) is 5.82 Å². The molecule has 1 aliphatic rings. The number of aromatic nitrogens is 1. The highest BCUT2D eigenvalue weighted by atomic mass is 16.5. The van der Waals surface area contributed by atoms with Crippen molar-refractivity contribution in [1.82, 2.24) is 4.98 Å². The summed E-state index contributed by atoms with van der Waals surface area (Å²) >= 11 is 0. The third-order valence-electron chi connectivity index (χ3n) is 2.95. The van der Waals surface area contributed by atoms with E-state index in [0.29, 0.717) is 18.7 Å². The lowest BCUT2D eigenvalue weighted by molar-refractivity contribution is -0.0107. The summed E-state index contributed by atoms with van der Waals surface area (Å²) < 4.78 is 5.68. The van der Waals surface area contributed by atoms with Gasteiger partial charge in [-0.3, -0.25) is 4.79 Å². The molecule has 1 saturated heterocycles. The number of morpholine rings is 1. The van der Waals surface area contributed by atoms with Crippen LogP contribution in [0.3, 0.4) is 0 Å². The van der Waals surface area contributed by atoms with E-state index in [0.717, 1.165) is 12.4 Å². The summed E-state index contributed by atoms with van der Waals surface area (Å²) in [4.78, 5) is 17.3. The number of carbonyl (C=O) groups is 1. The van der Waals surface area contributed by atoms with Gasteiger partial charge in [-0.25, -0.2) is 4.98 Å². The highest BCUT2D eigenvalue weighted by Crippen LogP contribution is 2.18. The quantitative estimate of drug-likeness (QED) is 0.770. The largest absolute Gasteiger partial charge is 0.370 e. The van der Waals surface area contributed by atoms with Crippen LogP contribution < -0.4 is 16.4 Å². The van der Waals surface area contributed by atoms with Gasteiger partial charge >= 0.3 is 0 Å². The predicted molar refractivity (Wildman–Crippen MR) is 68.4 cm³/mol. The fourth-order valence-electron chi connectivity index (χ4n) is 2.08. The smallest absolute Gasteiger partial charge is 0.250 e. The molecule has 1 aromatic rings. The zero-order chi connectivity index (χ0) is 13.1. The second-order valence-electron chi connectivity index (χ2n) is 4.48. The summed E-state index contributed by atoms with van der Waals surface area (Å²) in [5, 5.41) is 0. The summed E-state index contributed by atoms with van der Waals surface area (Å²) in [5.41, 5.74) is 11.2. The Labute approximate surface area is 106 Å². The van der Waals surface area contributed by atoms with Crippen LogP contribution in [0.2, 0.25) is 0 Å². The lowest BCUT2D eigenvalue weighted by Crippen LogP contribution is -2.49. The molecule has 1 fully saturated rings. The Morgan fingerprint density at radius 1 is 1.56 bits per heavy atom. The van der Waals surface area contributed by atoms with Crippen LogP contribution in [0.5, 0.6) is 0 Å². The molecule has 2 heterocycles. The Morgan fingerprint density at radius 2 is 2.33 bits per heavy atom. The molecule has 1 aromatic heterocycles. The predicted octanol–water partition coefficient (Wildman–Crippen LogP) is -0.267. The molecule has 0 saturated carbocycles. The van der Waals surface area contributed by atoms with Gasteiger partial charge in [0.25, 0.3) is 0 Å². The van der Waals surface area contributed by atoms with Crippen LogP contribution in [0.25, 0.3) is 0 Å². The molecule has 0 aliphatic carbocycles. The highest BCUT2D eigenvalue weighted by Gasteiger charge is 2.25. The van der Waals surface area contributed by atoms with Crippen molar-refractivity contribution < 1.29 is 9.53 Å². The molecule has 0 spiro atoms. The standard InChI is InChI=1S/C12H18N4O2/c1-8-6-16(7-10(4-13)18-8)11-3-2-9(5-15-11)12(14)17/h2-3,5,8,10H,4,6-7,13H2,1H3,(H2,14,17). The van der Waals surface area contributed by atoms with E-state index in [-0.39, 0.29) is 12.2 Å². The third kappa shape index (κ3) is 2.77. The highest BCUT2D eigenvalue weighted by molar-refractivity contribution is 5.92.